The first kappa shape index (κ1) is 13.3. The van der Waals surface area contributed by atoms with E-state index in [4.69, 9.17) is 0 Å². The minimum Gasteiger partial charge on any atom is -0.351 e. The fourth-order valence-corrected chi connectivity index (χ4v) is 2.79. The molecule has 0 bridgehead atoms. The molecule has 0 spiro atoms. The van der Waals surface area contributed by atoms with E-state index in [1.54, 1.807) is 19.3 Å². The van der Waals surface area contributed by atoms with Gasteiger partial charge in [-0.2, -0.15) is 0 Å². The predicted octanol–water partition coefficient (Wildman–Crippen LogP) is 1.68. The number of amides is 1. The van der Waals surface area contributed by atoms with Gasteiger partial charge in [-0.25, -0.2) is 0 Å². The molecule has 0 saturated heterocycles. The Hall–Kier alpha value is -1.10. The highest BCUT2D eigenvalue weighted by molar-refractivity contribution is 9.09. The van der Waals surface area contributed by atoms with Gasteiger partial charge in [-0.15, -0.1) is 0 Å². The SMILES string of the molecule is Cn1ccc(C(=O)NCC2(CCBr)CC2)cc1=O. The minimum absolute atomic E-state index is 0.159. The molecule has 1 heterocycles. The van der Waals surface area contributed by atoms with Crippen molar-refractivity contribution in [3.8, 4) is 0 Å². The van der Waals surface area contributed by atoms with Gasteiger partial charge in [0, 0.05) is 36.7 Å². The molecule has 1 saturated carbocycles. The Labute approximate surface area is 115 Å². The van der Waals surface area contributed by atoms with E-state index in [1.807, 2.05) is 0 Å². The number of hydrogen-bond acceptors (Lipinski definition) is 2. The van der Waals surface area contributed by atoms with Crippen molar-refractivity contribution in [2.45, 2.75) is 19.3 Å². The Morgan fingerprint density at radius 2 is 2.28 bits per heavy atom. The summed E-state index contributed by atoms with van der Waals surface area (Å²) in [6.45, 7) is 0.701. The van der Waals surface area contributed by atoms with Gasteiger partial charge in [-0.05, 0) is 30.7 Å². The number of alkyl halides is 1. The summed E-state index contributed by atoms with van der Waals surface area (Å²) in [6.07, 6.45) is 5.05. The number of halogens is 1. The highest BCUT2D eigenvalue weighted by Crippen LogP contribution is 2.48. The highest BCUT2D eigenvalue weighted by Gasteiger charge is 2.41. The van der Waals surface area contributed by atoms with Crippen LogP contribution >= 0.6 is 15.9 Å². The summed E-state index contributed by atoms with van der Waals surface area (Å²) in [5.74, 6) is -0.159. The Morgan fingerprint density at radius 3 is 2.83 bits per heavy atom. The van der Waals surface area contributed by atoms with Gasteiger partial charge in [0.15, 0.2) is 0 Å². The van der Waals surface area contributed by atoms with Crippen LogP contribution in [-0.4, -0.2) is 22.3 Å². The van der Waals surface area contributed by atoms with E-state index in [1.165, 1.54) is 23.5 Å². The largest absolute Gasteiger partial charge is 0.351 e. The van der Waals surface area contributed by atoms with Crippen LogP contribution < -0.4 is 10.9 Å². The fourth-order valence-electron chi connectivity index (χ4n) is 1.95. The molecule has 98 valence electrons. The molecular weight excluding hydrogens is 296 g/mol. The van der Waals surface area contributed by atoms with Crippen molar-refractivity contribution in [2.24, 2.45) is 12.5 Å². The van der Waals surface area contributed by atoms with Gasteiger partial charge in [0.25, 0.3) is 11.5 Å². The van der Waals surface area contributed by atoms with Crippen molar-refractivity contribution in [3.63, 3.8) is 0 Å². The smallest absolute Gasteiger partial charge is 0.251 e. The van der Waals surface area contributed by atoms with E-state index < -0.39 is 0 Å². The van der Waals surface area contributed by atoms with Gasteiger partial charge in [0.1, 0.15) is 0 Å². The Morgan fingerprint density at radius 1 is 1.56 bits per heavy atom. The molecule has 5 heteroatoms. The summed E-state index contributed by atoms with van der Waals surface area (Å²) in [4.78, 5) is 23.4. The highest BCUT2D eigenvalue weighted by atomic mass is 79.9. The first-order valence-electron chi connectivity index (χ1n) is 6.07. The first-order valence-corrected chi connectivity index (χ1v) is 7.19. The van der Waals surface area contributed by atoms with Gasteiger partial charge in [-0.1, -0.05) is 15.9 Å². The molecule has 18 heavy (non-hydrogen) atoms. The van der Waals surface area contributed by atoms with Crippen molar-refractivity contribution < 1.29 is 4.79 Å². The number of pyridine rings is 1. The van der Waals surface area contributed by atoms with E-state index in [0.29, 0.717) is 17.5 Å². The second-order valence-electron chi connectivity index (χ2n) is 4.99. The molecule has 1 aliphatic carbocycles. The van der Waals surface area contributed by atoms with E-state index >= 15 is 0 Å². The van der Waals surface area contributed by atoms with Crippen molar-refractivity contribution >= 4 is 21.8 Å². The summed E-state index contributed by atoms with van der Waals surface area (Å²) in [5.41, 5.74) is 0.566. The van der Waals surface area contributed by atoms with Crippen molar-refractivity contribution in [2.75, 3.05) is 11.9 Å². The average Bonchev–Trinajstić information content (AvgIpc) is 3.11. The lowest BCUT2D eigenvalue weighted by Gasteiger charge is -2.14. The molecule has 1 fully saturated rings. The van der Waals surface area contributed by atoms with Crippen LogP contribution in [0.2, 0.25) is 0 Å². The van der Waals surface area contributed by atoms with Crippen LogP contribution in [0.4, 0.5) is 0 Å². The Balaban J connectivity index is 1.96. The number of aromatic nitrogens is 1. The van der Waals surface area contributed by atoms with Crippen LogP contribution in [0.15, 0.2) is 23.1 Å². The number of nitrogens with one attached hydrogen (secondary N) is 1. The lowest BCUT2D eigenvalue weighted by molar-refractivity contribution is 0.0944. The normalized spacial score (nSPS) is 16.3. The summed E-state index contributed by atoms with van der Waals surface area (Å²) in [7, 11) is 1.67. The molecule has 0 aromatic carbocycles. The molecule has 1 aliphatic rings. The van der Waals surface area contributed by atoms with E-state index in [9.17, 15) is 9.59 Å². The molecule has 0 radical (unpaired) electrons. The van der Waals surface area contributed by atoms with Crippen LogP contribution in [0.5, 0.6) is 0 Å². The van der Waals surface area contributed by atoms with Crippen LogP contribution in [0, 0.1) is 5.41 Å². The molecule has 1 aromatic heterocycles. The van der Waals surface area contributed by atoms with Gasteiger partial charge in [-0.3, -0.25) is 9.59 Å². The topological polar surface area (TPSA) is 51.1 Å². The maximum atomic E-state index is 11.9. The Bertz CT molecular complexity index is 506. The third-order valence-corrected chi connectivity index (χ3v) is 3.97. The number of rotatable bonds is 5. The van der Waals surface area contributed by atoms with Gasteiger partial charge >= 0.3 is 0 Å². The number of aryl methyl sites for hydroxylation is 1. The summed E-state index contributed by atoms with van der Waals surface area (Å²) >= 11 is 3.44. The van der Waals surface area contributed by atoms with Gasteiger partial charge in [0.05, 0.1) is 0 Å². The average molecular weight is 313 g/mol. The molecule has 1 N–H and O–H groups in total. The zero-order valence-electron chi connectivity index (χ0n) is 10.4. The van der Waals surface area contributed by atoms with Crippen LogP contribution in [0.25, 0.3) is 0 Å². The molecular formula is C13H17BrN2O2. The second kappa shape index (κ2) is 5.26. The molecule has 4 nitrogen and oxygen atoms in total. The Kier molecular flexibility index (Phi) is 3.90. The van der Waals surface area contributed by atoms with E-state index in [-0.39, 0.29) is 11.5 Å². The van der Waals surface area contributed by atoms with Crippen molar-refractivity contribution in [1.29, 1.82) is 0 Å². The number of carbonyl (C=O) groups excluding carboxylic acids is 1. The van der Waals surface area contributed by atoms with Crippen molar-refractivity contribution in [3.05, 3.63) is 34.2 Å². The molecule has 1 aromatic rings. The summed E-state index contributed by atoms with van der Waals surface area (Å²) < 4.78 is 1.45. The fraction of sp³-hybridized carbons (Fsp3) is 0.538. The lowest BCUT2D eigenvalue weighted by Crippen LogP contribution is -2.31. The quantitative estimate of drug-likeness (QED) is 0.841. The van der Waals surface area contributed by atoms with E-state index in [2.05, 4.69) is 21.2 Å². The number of carbonyl (C=O) groups is 1. The molecule has 0 unspecified atom stereocenters. The molecule has 0 atom stereocenters. The van der Waals surface area contributed by atoms with Gasteiger partial charge in [0.2, 0.25) is 0 Å². The van der Waals surface area contributed by atoms with Crippen LogP contribution in [-0.2, 0) is 7.05 Å². The molecule has 1 amide bonds. The molecule has 2 rings (SSSR count). The monoisotopic (exact) mass is 312 g/mol. The predicted molar refractivity (Wildman–Crippen MR) is 74.1 cm³/mol. The second-order valence-corrected chi connectivity index (χ2v) is 5.78. The zero-order chi connectivity index (χ0) is 13.2. The molecule has 0 aliphatic heterocycles. The maximum Gasteiger partial charge on any atom is 0.251 e. The number of hydrogen-bond donors (Lipinski definition) is 1. The van der Waals surface area contributed by atoms with E-state index in [0.717, 1.165) is 11.8 Å². The first-order chi connectivity index (χ1) is 8.56. The standard InChI is InChI=1S/C13H17BrN2O2/c1-16-7-2-10(8-11(16)17)12(18)15-9-13(3-4-13)5-6-14/h2,7-8H,3-6,9H2,1H3,(H,15,18). The lowest BCUT2D eigenvalue weighted by atomic mass is 10.0. The third kappa shape index (κ3) is 3.02. The number of nitrogens with zero attached hydrogens (tertiary/aromatic N) is 1. The third-order valence-electron chi connectivity index (χ3n) is 3.57. The zero-order valence-corrected chi connectivity index (χ0v) is 12.0. The summed E-state index contributed by atoms with van der Waals surface area (Å²) in [6, 6.07) is 3.04. The minimum atomic E-state index is -0.163. The van der Waals surface area contributed by atoms with Crippen molar-refractivity contribution in [1.82, 2.24) is 9.88 Å². The van der Waals surface area contributed by atoms with Crippen LogP contribution in [0.1, 0.15) is 29.6 Å². The maximum absolute atomic E-state index is 11.9. The van der Waals surface area contributed by atoms with Gasteiger partial charge < -0.3 is 9.88 Å². The summed E-state index contributed by atoms with van der Waals surface area (Å²) in [5, 5.41) is 3.89. The van der Waals surface area contributed by atoms with Crippen LogP contribution in [0.3, 0.4) is 0 Å².